The summed E-state index contributed by atoms with van der Waals surface area (Å²) in [4.78, 5) is 34.4. The predicted molar refractivity (Wildman–Crippen MR) is 118 cm³/mol. The molecule has 7 nitrogen and oxygen atoms in total. The fraction of sp³-hybridized carbons (Fsp3) is 0.783. The van der Waals surface area contributed by atoms with Crippen LogP contribution in [0.3, 0.4) is 0 Å². The van der Waals surface area contributed by atoms with Crippen molar-refractivity contribution in [3.05, 3.63) is 12.2 Å². The molecule has 2 amide bonds. The standard InChI is InChI=1S/C23H37N5O2/c1-3-10-27-11-7-16(8-12-27)15-26-23(24-4-2)25-9-13-28-21(29)19-17-5-6-18(14-17)20(19)22(28)30/h5-6,16-20H,3-4,7-15H2,1-2H3,(H2,24,25,26). The van der Waals surface area contributed by atoms with Crippen molar-refractivity contribution in [1.29, 1.82) is 0 Å². The highest BCUT2D eigenvalue weighted by molar-refractivity contribution is 6.06. The van der Waals surface area contributed by atoms with Crippen LogP contribution >= 0.6 is 0 Å². The lowest BCUT2D eigenvalue weighted by molar-refractivity contribution is -0.140. The Morgan fingerprint density at radius 3 is 2.30 bits per heavy atom. The number of hydrogen-bond donors (Lipinski definition) is 2. The molecule has 2 aliphatic heterocycles. The summed E-state index contributed by atoms with van der Waals surface area (Å²) in [7, 11) is 0. The number of imide groups is 1. The molecule has 2 bridgehead atoms. The fourth-order valence-electron chi connectivity index (χ4n) is 5.74. The van der Waals surface area contributed by atoms with Crippen molar-refractivity contribution in [2.75, 3.05) is 45.8 Å². The maximum absolute atomic E-state index is 12.8. The summed E-state index contributed by atoms with van der Waals surface area (Å²) in [6, 6.07) is 0. The molecule has 0 spiro atoms. The van der Waals surface area contributed by atoms with E-state index in [-0.39, 0.29) is 35.5 Å². The zero-order valence-electron chi connectivity index (χ0n) is 18.5. The highest BCUT2D eigenvalue weighted by Gasteiger charge is 2.58. The third kappa shape index (κ3) is 4.27. The Hall–Kier alpha value is -1.89. The molecule has 0 aromatic rings. The molecule has 0 radical (unpaired) electrons. The van der Waals surface area contributed by atoms with Crippen molar-refractivity contribution in [2.45, 2.75) is 39.5 Å². The Kier molecular flexibility index (Phi) is 6.76. The first-order valence-electron chi connectivity index (χ1n) is 11.9. The molecular weight excluding hydrogens is 378 g/mol. The van der Waals surface area contributed by atoms with Gasteiger partial charge in [-0.05, 0) is 70.0 Å². The van der Waals surface area contributed by atoms with E-state index in [0.29, 0.717) is 19.0 Å². The normalized spacial score (nSPS) is 31.7. The molecule has 30 heavy (non-hydrogen) atoms. The summed E-state index contributed by atoms with van der Waals surface area (Å²) >= 11 is 0. The molecule has 2 N–H and O–H groups in total. The van der Waals surface area contributed by atoms with Crippen LogP contribution in [0.15, 0.2) is 17.1 Å². The van der Waals surface area contributed by atoms with Crippen LogP contribution < -0.4 is 10.6 Å². The van der Waals surface area contributed by atoms with Crippen LogP contribution in [-0.2, 0) is 9.59 Å². The molecule has 0 aromatic heterocycles. The largest absolute Gasteiger partial charge is 0.357 e. The minimum absolute atomic E-state index is 0.0319. The number of carbonyl (C=O) groups excluding carboxylic acids is 2. The lowest BCUT2D eigenvalue weighted by atomic mass is 9.85. The van der Waals surface area contributed by atoms with Gasteiger partial charge in [0.05, 0.1) is 11.8 Å². The number of guanidine groups is 1. The zero-order valence-corrected chi connectivity index (χ0v) is 18.5. The number of rotatable bonds is 8. The van der Waals surface area contributed by atoms with Crippen LogP contribution in [0.25, 0.3) is 0 Å². The number of likely N-dealkylation sites (tertiary alicyclic amines) is 2. The van der Waals surface area contributed by atoms with Gasteiger partial charge in [0.15, 0.2) is 5.96 Å². The van der Waals surface area contributed by atoms with E-state index >= 15 is 0 Å². The number of hydrogen-bond acceptors (Lipinski definition) is 4. The van der Waals surface area contributed by atoms with E-state index in [0.717, 1.165) is 25.5 Å². The summed E-state index contributed by atoms with van der Waals surface area (Å²) in [6.45, 7) is 10.4. The average molecular weight is 416 g/mol. The Morgan fingerprint density at radius 2 is 1.70 bits per heavy atom. The number of allylic oxidation sites excluding steroid dienone is 2. The van der Waals surface area contributed by atoms with Gasteiger partial charge in [-0.1, -0.05) is 19.1 Å². The molecule has 4 atom stereocenters. The zero-order chi connectivity index (χ0) is 21.1. The Balaban J connectivity index is 1.24. The molecule has 0 aromatic carbocycles. The van der Waals surface area contributed by atoms with Gasteiger partial charge < -0.3 is 15.5 Å². The first kappa shape index (κ1) is 21.3. The van der Waals surface area contributed by atoms with Gasteiger partial charge >= 0.3 is 0 Å². The lowest BCUT2D eigenvalue weighted by Crippen LogP contribution is -2.44. The number of nitrogens with zero attached hydrogens (tertiary/aromatic N) is 3. The number of aliphatic imine (C=N–C) groups is 1. The van der Waals surface area contributed by atoms with Gasteiger partial charge in [-0.15, -0.1) is 0 Å². The molecule has 2 heterocycles. The lowest BCUT2D eigenvalue weighted by Gasteiger charge is -2.31. The van der Waals surface area contributed by atoms with Gasteiger partial charge in [-0.3, -0.25) is 19.5 Å². The van der Waals surface area contributed by atoms with Crippen LogP contribution in [0.2, 0.25) is 0 Å². The SMILES string of the molecule is CCCN1CCC(CN=C(NCC)NCCN2C(=O)C3C4C=CC(C4)C3C2=O)CC1. The van der Waals surface area contributed by atoms with Crippen LogP contribution in [0, 0.1) is 29.6 Å². The van der Waals surface area contributed by atoms with Crippen LogP contribution in [0.4, 0.5) is 0 Å². The summed E-state index contributed by atoms with van der Waals surface area (Å²) in [5.74, 6) is 1.83. The van der Waals surface area contributed by atoms with Crippen molar-refractivity contribution >= 4 is 17.8 Å². The minimum Gasteiger partial charge on any atom is -0.357 e. The van der Waals surface area contributed by atoms with E-state index in [4.69, 9.17) is 4.99 Å². The minimum atomic E-state index is -0.104. The molecule has 7 heteroatoms. The second-order valence-corrected chi connectivity index (χ2v) is 9.26. The predicted octanol–water partition coefficient (Wildman–Crippen LogP) is 1.47. The fourth-order valence-corrected chi connectivity index (χ4v) is 5.74. The van der Waals surface area contributed by atoms with Gasteiger partial charge in [0.1, 0.15) is 0 Å². The highest BCUT2D eigenvalue weighted by Crippen LogP contribution is 2.52. The number of piperidine rings is 1. The molecule has 2 aliphatic carbocycles. The summed E-state index contributed by atoms with van der Waals surface area (Å²) in [5, 5.41) is 6.62. The first-order chi connectivity index (χ1) is 14.6. The smallest absolute Gasteiger partial charge is 0.233 e. The van der Waals surface area contributed by atoms with E-state index in [9.17, 15) is 9.59 Å². The molecule has 1 saturated carbocycles. The maximum Gasteiger partial charge on any atom is 0.233 e. The highest BCUT2D eigenvalue weighted by atomic mass is 16.2. The van der Waals surface area contributed by atoms with Crippen molar-refractivity contribution in [3.8, 4) is 0 Å². The Labute approximate surface area is 180 Å². The second-order valence-electron chi connectivity index (χ2n) is 9.26. The molecule has 4 aliphatic rings. The third-order valence-corrected chi connectivity index (χ3v) is 7.29. The van der Waals surface area contributed by atoms with Crippen LogP contribution in [-0.4, -0.2) is 73.4 Å². The molecule has 3 fully saturated rings. The van der Waals surface area contributed by atoms with E-state index in [2.05, 4.69) is 41.5 Å². The topological polar surface area (TPSA) is 77.0 Å². The molecule has 2 saturated heterocycles. The van der Waals surface area contributed by atoms with Crippen molar-refractivity contribution in [1.82, 2.24) is 20.4 Å². The summed E-state index contributed by atoms with van der Waals surface area (Å²) in [5.41, 5.74) is 0. The van der Waals surface area contributed by atoms with Gasteiger partial charge in [0.25, 0.3) is 0 Å². The van der Waals surface area contributed by atoms with E-state index < -0.39 is 0 Å². The number of carbonyl (C=O) groups is 2. The summed E-state index contributed by atoms with van der Waals surface area (Å²) in [6.07, 6.45) is 8.90. The summed E-state index contributed by atoms with van der Waals surface area (Å²) < 4.78 is 0. The molecule has 4 unspecified atom stereocenters. The second kappa shape index (κ2) is 9.50. The van der Waals surface area contributed by atoms with Crippen LogP contribution in [0.5, 0.6) is 0 Å². The van der Waals surface area contributed by atoms with Gasteiger partial charge in [-0.25, -0.2) is 0 Å². The average Bonchev–Trinajstić information content (AvgIpc) is 3.43. The van der Waals surface area contributed by atoms with Gasteiger partial charge in [0, 0.05) is 26.2 Å². The van der Waals surface area contributed by atoms with Gasteiger partial charge in [-0.2, -0.15) is 0 Å². The maximum atomic E-state index is 12.8. The van der Waals surface area contributed by atoms with E-state index in [1.807, 2.05) is 0 Å². The Morgan fingerprint density at radius 1 is 1.03 bits per heavy atom. The number of nitrogens with one attached hydrogen (secondary N) is 2. The monoisotopic (exact) mass is 415 g/mol. The van der Waals surface area contributed by atoms with Crippen LogP contribution in [0.1, 0.15) is 39.5 Å². The molecule has 4 rings (SSSR count). The number of fused-ring (bicyclic) bond motifs is 5. The number of amides is 2. The van der Waals surface area contributed by atoms with Crippen molar-refractivity contribution in [2.24, 2.45) is 34.6 Å². The van der Waals surface area contributed by atoms with E-state index in [1.165, 1.54) is 43.8 Å². The quantitative estimate of drug-likeness (QED) is 0.272. The van der Waals surface area contributed by atoms with Gasteiger partial charge in [0.2, 0.25) is 11.8 Å². The Bertz CT molecular complexity index is 668. The van der Waals surface area contributed by atoms with Crippen molar-refractivity contribution in [3.63, 3.8) is 0 Å². The third-order valence-electron chi connectivity index (χ3n) is 7.29. The van der Waals surface area contributed by atoms with E-state index in [1.54, 1.807) is 0 Å². The molecule has 166 valence electrons. The molecular formula is C23H37N5O2. The van der Waals surface area contributed by atoms with Crippen molar-refractivity contribution < 1.29 is 9.59 Å². The first-order valence-corrected chi connectivity index (χ1v) is 11.9.